The summed E-state index contributed by atoms with van der Waals surface area (Å²) in [6.07, 6.45) is 6.72. The zero-order valence-electron chi connectivity index (χ0n) is 15.0. The highest BCUT2D eigenvalue weighted by atomic mass is 16.5. The Kier molecular flexibility index (Phi) is 5.32. The first kappa shape index (κ1) is 17.2. The smallest absolute Gasteiger partial charge is 0.276 e. The number of hydrogen-bond donors (Lipinski definition) is 2. The van der Waals surface area contributed by atoms with Crippen LogP contribution in [-0.2, 0) is 11.3 Å². The van der Waals surface area contributed by atoms with Gasteiger partial charge in [-0.3, -0.25) is 9.48 Å². The SMILES string of the molecule is O=C(Nc1cccc(COCC2CC2)c1)c1ccn(C2CCCNC2)n1. The lowest BCUT2D eigenvalue weighted by atomic mass is 10.1. The Morgan fingerprint density at radius 1 is 1.31 bits per heavy atom. The maximum absolute atomic E-state index is 12.5. The molecule has 0 spiro atoms. The lowest BCUT2D eigenvalue weighted by Gasteiger charge is -2.22. The second-order valence-electron chi connectivity index (χ2n) is 7.29. The summed E-state index contributed by atoms with van der Waals surface area (Å²) < 4.78 is 7.63. The average molecular weight is 354 g/mol. The molecule has 2 N–H and O–H groups in total. The van der Waals surface area contributed by atoms with Gasteiger partial charge in [-0.05, 0) is 61.9 Å². The van der Waals surface area contributed by atoms with Crippen LogP contribution in [0.4, 0.5) is 5.69 Å². The van der Waals surface area contributed by atoms with Gasteiger partial charge in [0.1, 0.15) is 0 Å². The van der Waals surface area contributed by atoms with E-state index in [0.717, 1.165) is 49.7 Å². The van der Waals surface area contributed by atoms with E-state index in [1.54, 1.807) is 6.07 Å². The minimum Gasteiger partial charge on any atom is -0.376 e. The van der Waals surface area contributed by atoms with E-state index in [9.17, 15) is 4.79 Å². The standard InChI is InChI=1S/C20H26N4O2/c25-20(19-8-10-24(23-19)18-5-2-9-21-12-18)22-17-4-1-3-16(11-17)14-26-13-15-6-7-15/h1,3-4,8,10-11,15,18,21H,2,5-7,9,12-14H2,(H,22,25). The number of ether oxygens (including phenoxy) is 1. The third-order valence-electron chi connectivity index (χ3n) is 4.99. The van der Waals surface area contributed by atoms with Crippen LogP contribution in [0, 0.1) is 5.92 Å². The summed E-state index contributed by atoms with van der Waals surface area (Å²) >= 11 is 0. The van der Waals surface area contributed by atoms with Gasteiger partial charge in [-0.1, -0.05) is 12.1 Å². The molecular formula is C20H26N4O2. The van der Waals surface area contributed by atoms with Crippen LogP contribution in [-0.4, -0.2) is 35.4 Å². The van der Waals surface area contributed by atoms with Crippen LogP contribution in [0.15, 0.2) is 36.5 Å². The number of amides is 1. The summed E-state index contributed by atoms with van der Waals surface area (Å²) in [5.41, 5.74) is 2.30. The molecule has 138 valence electrons. The van der Waals surface area contributed by atoms with Gasteiger partial charge in [0.25, 0.3) is 5.91 Å². The quantitative estimate of drug-likeness (QED) is 0.802. The first-order chi connectivity index (χ1) is 12.8. The Hall–Kier alpha value is -2.18. The van der Waals surface area contributed by atoms with Gasteiger partial charge >= 0.3 is 0 Å². The number of benzene rings is 1. The molecule has 1 aliphatic carbocycles. The number of carbonyl (C=O) groups excluding carboxylic acids is 1. The summed E-state index contributed by atoms with van der Waals surface area (Å²) in [5.74, 6) is 0.580. The summed E-state index contributed by atoms with van der Waals surface area (Å²) in [5, 5.41) is 10.8. The predicted octanol–water partition coefficient (Wildman–Crippen LogP) is 2.99. The van der Waals surface area contributed by atoms with Crippen molar-refractivity contribution in [3.05, 3.63) is 47.8 Å². The molecule has 1 saturated carbocycles. The number of carbonyl (C=O) groups is 1. The third-order valence-corrected chi connectivity index (χ3v) is 4.99. The fourth-order valence-electron chi connectivity index (χ4n) is 3.28. The first-order valence-electron chi connectivity index (χ1n) is 9.52. The predicted molar refractivity (Wildman–Crippen MR) is 100 cm³/mol. The zero-order valence-corrected chi connectivity index (χ0v) is 15.0. The van der Waals surface area contributed by atoms with E-state index in [1.807, 2.05) is 35.1 Å². The Morgan fingerprint density at radius 3 is 3.04 bits per heavy atom. The third kappa shape index (κ3) is 4.51. The topological polar surface area (TPSA) is 68.2 Å². The lowest BCUT2D eigenvalue weighted by molar-refractivity contribution is 0.102. The molecule has 1 aromatic heterocycles. The molecule has 2 fully saturated rings. The highest BCUT2D eigenvalue weighted by molar-refractivity contribution is 6.02. The van der Waals surface area contributed by atoms with Crippen molar-refractivity contribution in [2.24, 2.45) is 5.92 Å². The summed E-state index contributed by atoms with van der Waals surface area (Å²) in [6, 6.07) is 9.94. The molecular weight excluding hydrogens is 328 g/mol. The number of hydrogen-bond acceptors (Lipinski definition) is 4. The van der Waals surface area contributed by atoms with Crippen molar-refractivity contribution in [1.29, 1.82) is 0 Å². The van der Waals surface area contributed by atoms with Gasteiger partial charge in [0.05, 0.1) is 12.6 Å². The van der Waals surface area contributed by atoms with Crippen molar-refractivity contribution < 1.29 is 9.53 Å². The molecule has 0 radical (unpaired) electrons. The Balaban J connectivity index is 1.34. The van der Waals surface area contributed by atoms with E-state index >= 15 is 0 Å². The van der Waals surface area contributed by atoms with Gasteiger partial charge in [0.2, 0.25) is 0 Å². The van der Waals surface area contributed by atoms with Gasteiger partial charge in [-0.25, -0.2) is 0 Å². The molecule has 1 aromatic carbocycles. The fourth-order valence-corrected chi connectivity index (χ4v) is 3.28. The fraction of sp³-hybridized carbons (Fsp3) is 0.500. The van der Waals surface area contributed by atoms with Gasteiger partial charge in [0.15, 0.2) is 5.69 Å². The van der Waals surface area contributed by atoms with Crippen LogP contribution in [0.5, 0.6) is 0 Å². The molecule has 1 aliphatic heterocycles. The summed E-state index contributed by atoms with van der Waals surface area (Å²) in [4.78, 5) is 12.5. The highest BCUT2D eigenvalue weighted by Crippen LogP contribution is 2.29. The monoisotopic (exact) mass is 354 g/mol. The maximum atomic E-state index is 12.5. The van der Waals surface area contributed by atoms with Gasteiger partial charge in [0, 0.05) is 25.0 Å². The molecule has 1 unspecified atom stereocenters. The van der Waals surface area contributed by atoms with E-state index in [2.05, 4.69) is 15.7 Å². The van der Waals surface area contributed by atoms with E-state index in [-0.39, 0.29) is 5.91 Å². The van der Waals surface area contributed by atoms with Crippen molar-refractivity contribution >= 4 is 11.6 Å². The molecule has 1 amide bonds. The number of nitrogens with one attached hydrogen (secondary N) is 2. The van der Waals surface area contributed by atoms with Crippen LogP contribution >= 0.6 is 0 Å². The number of piperidine rings is 1. The number of nitrogens with zero attached hydrogens (tertiary/aromatic N) is 2. The molecule has 1 saturated heterocycles. The van der Waals surface area contributed by atoms with Gasteiger partial charge < -0.3 is 15.4 Å². The van der Waals surface area contributed by atoms with Crippen LogP contribution in [0.2, 0.25) is 0 Å². The van der Waals surface area contributed by atoms with Gasteiger partial charge in [-0.15, -0.1) is 0 Å². The van der Waals surface area contributed by atoms with E-state index < -0.39 is 0 Å². The Labute approximate surface area is 153 Å². The van der Waals surface area contributed by atoms with Crippen LogP contribution in [0.25, 0.3) is 0 Å². The van der Waals surface area contributed by atoms with Crippen molar-refractivity contribution in [3.8, 4) is 0 Å². The molecule has 26 heavy (non-hydrogen) atoms. The average Bonchev–Trinajstić information content (AvgIpc) is 3.35. The summed E-state index contributed by atoms with van der Waals surface area (Å²) in [7, 11) is 0. The second kappa shape index (κ2) is 8.01. The molecule has 4 rings (SSSR count). The lowest BCUT2D eigenvalue weighted by Crippen LogP contribution is -2.32. The van der Waals surface area contributed by atoms with Crippen molar-refractivity contribution in [3.63, 3.8) is 0 Å². The van der Waals surface area contributed by atoms with Crippen LogP contribution in [0.1, 0.15) is 47.8 Å². The van der Waals surface area contributed by atoms with Crippen LogP contribution in [0.3, 0.4) is 0 Å². The van der Waals surface area contributed by atoms with Crippen molar-refractivity contribution in [2.45, 2.75) is 38.3 Å². The van der Waals surface area contributed by atoms with Crippen molar-refractivity contribution in [1.82, 2.24) is 15.1 Å². The van der Waals surface area contributed by atoms with E-state index in [0.29, 0.717) is 18.3 Å². The number of rotatable bonds is 7. The normalized spacial score (nSPS) is 20.1. The largest absolute Gasteiger partial charge is 0.376 e. The molecule has 6 heteroatoms. The molecule has 2 heterocycles. The minimum absolute atomic E-state index is 0.177. The molecule has 2 aromatic rings. The minimum atomic E-state index is -0.177. The Morgan fingerprint density at radius 2 is 2.23 bits per heavy atom. The highest BCUT2D eigenvalue weighted by Gasteiger charge is 2.21. The zero-order chi connectivity index (χ0) is 17.8. The molecule has 6 nitrogen and oxygen atoms in total. The second-order valence-corrected chi connectivity index (χ2v) is 7.29. The number of anilines is 1. The maximum Gasteiger partial charge on any atom is 0.276 e. The van der Waals surface area contributed by atoms with Crippen molar-refractivity contribution in [2.75, 3.05) is 25.0 Å². The summed E-state index contributed by atoms with van der Waals surface area (Å²) in [6.45, 7) is 3.39. The Bertz CT molecular complexity index is 748. The van der Waals surface area contributed by atoms with Crippen LogP contribution < -0.4 is 10.6 Å². The number of aromatic nitrogens is 2. The van der Waals surface area contributed by atoms with E-state index in [4.69, 9.17) is 4.74 Å². The van der Waals surface area contributed by atoms with Gasteiger partial charge in [-0.2, -0.15) is 5.10 Å². The first-order valence-corrected chi connectivity index (χ1v) is 9.52. The molecule has 0 bridgehead atoms. The molecule has 1 atom stereocenters. The molecule has 2 aliphatic rings. The van der Waals surface area contributed by atoms with E-state index in [1.165, 1.54) is 12.8 Å².